The van der Waals surface area contributed by atoms with Gasteiger partial charge in [-0.25, -0.2) is 38.5 Å². The van der Waals surface area contributed by atoms with Crippen LogP contribution in [-0.4, -0.2) is 123 Å². The number of rotatable bonds is 23. The average molecular weight is 1290 g/mol. The summed E-state index contributed by atoms with van der Waals surface area (Å²) in [4.78, 5) is 73.4. The van der Waals surface area contributed by atoms with E-state index >= 15 is 0 Å². The van der Waals surface area contributed by atoms with E-state index in [1.54, 1.807) is 98.6 Å². The molecule has 0 aliphatic heterocycles. The summed E-state index contributed by atoms with van der Waals surface area (Å²) in [5.41, 5.74) is 13.9. The van der Waals surface area contributed by atoms with Crippen molar-refractivity contribution in [1.29, 1.82) is 0 Å². The zero-order valence-corrected chi connectivity index (χ0v) is 55.7. The highest BCUT2D eigenvalue weighted by Crippen LogP contribution is 2.41. The van der Waals surface area contributed by atoms with Crippen molar-refractivity contribution in [3.8, 4) is 11.3 Å². The first kappa shape index (κ1) is 71.4. The molecule has 0 atom stereocenters. The standard InChI is InChI=1S/C20H16FN3O2.C18H23N3O3.C18H23N3O2.C17H21N3O2/c21-17-11-22-8-7-15(17)18-6-4-14(10-23-18)24-19-5-3-13(12-1-2-12)9-16(19)20(25)26;1-12-5-6-16(15(9-12)18(22)23)20-14-10-13(2)17(19-11-14)21(3)7-8-24-4;1-5-21(6-2)17-13(4)10-14(11-19-17)20-16-8-7-12(3)9-15(16)18(22)23;1-5-20(4)16-12(3)9-13(10-18-16)19-15-7-6-11(2)8-14(15)17(21)22/h3-12,24H,1-2H2,(H,25,26);5-6,9-11,20H,7-8H2,1-4H3,(H,22,23);7-11,20H,5-6H2,1-4H3,(H,22,23);6-10,19H,5H2,1-4H3,(H,21,22). The highest BCUT2D eigenvalue weighted by atomic mass is 19.1. The Hall–Kier alpha value is -11.0. The van der Waals surface area contributed by atoms with Gasteiger partial charge in [0.1, 0.15) is 17.5 Å². The summed E-state index contributed by atoms with van der Waals surface area (Å²) in [5, 5.41) is 50.0. The summed E-state index contributed by atoms with van der Waals surface area (Å²) in [6.07, 6.45) is 11.6. The first-order valence-corrected chi connectivity index (χ1v) is 31.0. The maximum atomic E-state index is 13.8. The molecule has 10 rings (SSSR count). The van der Waals surface area contributed by atoms with Crippen molar-refractivity contribution in [2.24, 2.45) is 0 Å². The van der Waals surface area contributed by atoms with Crippen LogP contribution in [-0.2, 0) is 4.74 Å². The third-order valence-electron chi connectivity index (χ3n) is 15.5. The molecular weight excluding hydrogens is 1210 g/mol. The van der Waals surface area contributed by atoms with Crippen molar-refractivity contribution in [3.63, 3.8) is 0 Å². The maximum Gasteiger partial charge on any atom is 0.337 e. The van der Waals surface area contributed by atoms with Crippen molar-refractivity contribution < 1.29 is 48.7 Å². The minimum atomic E-state index is -0.974. The van der Waals surface area contributed by atoms with Gasteiger partial charge in [0.2, 0.25) is 0 Å². The quantitative estimate of drug-likeness (QED) is 0.0295. The zero-order valence-electron chi connectivity index (χ0n) is 55.7. The summed E-state index contributed by atoms with van der Waals surface area (Å²) in [5.74, 6) is -1.01. The number of nitrogens with zero attached hydrogens (tertiary/aromatic N) is 8. The van der Waals surface area contributed by atoms with Gasteiger partial charge in [-0.2, -0.15) is 0 Å². The Bertz CT molecular complexity index is 4160. The molecule has 8 N–H and O–H groups in total. The Morgan fingerprint density at radius 1 is 0.495 bits per heavy atom. The lowest BCUT2D eigenvalue weighted by atomic mass is 10.0. The van der Waals surface area contributed by atoms with E-state index in [0.717, 1.165) is 119 Å². The van der Waals surface area contributed by atoms with Crippen LogP contribution in [0.15, 0.2) is 146 Å². The number of hydrogen-bond donors (Lipinski definition) is 8. The van der Waals surface area contributed by atoms with E-state index < -0.39 is 29.7 Å². The Labute approximate surface area is 553 Å². The number of carboxylic acid groups (broad SMARTS) is 4. The summed E-state index contributed by atoms with van der Waals surface area (Å²) >= 11 is 0. The number of ether oxygens (including phenoxy) is 1. The van der Waals surface area contributed by atoms with Gasteiger partial charge in [0.25, 0.3) is 0 Å². The fourth-order valence-corrected chi connectivity index (χ4v) is 10.2. The van der Waals surface area contributed by atoms with E-state index in [1.807, 2.05) is 103 Å². The molecule has 9 aromatic rings. The molecule has 5 heterocycles. The predicted molar refractivity (Wildman–Crippen MR) is 375 cm³/mol. The molecule has 1 aliphatic rings. The van der Waals surface area contributed by atoms with E-state index in [4.69, 9.17) is 4.74 Å². The molecule has 496 valence electrons. The molecule has 1 fully saturated rings. The van der Waals surface area contributed by atoms with Crippen LogP contribution in [0.4, 0.5) is 67.3 Å². The van der Waals surface area contributed by atoms with Gasteiger partial charge in [-0.05, 0) is 188 Å². The number of aromatic carboxylic acids is 4. The Balaban J connectivity index is 0.000000179. The molecule has 1 aliphatic carbocycles. The fraction of sp³-hybridized carbons (Fsp3) is 0.274. The third kappa shape index (κ3) is 19.8. The topological polar surface area (TPSA) is 281 Å². The van der Waals surface area contributed by atoms with Crippen LogP contribution in [0.3, 0.4) is 0 Å². The Morgan fingerprint density at radius 3 is 1.28 bits per heavy atom. The lowest BCUT2D eigenvalue weighted by molar-refractivity contribution is 0.0687. The predicted octanol–water partition coefficient (Wildman–Crippen LogP) is 15.4. The van der Waals surface area contributed by atoms with Gasteiger partial charge in [0.15, 0.2) is 5.82 Å². The van der Waals surface area contributed by atoms with Crippen molar-refractivity contribution >= 4 is 86.8 Å². The van der Waals surface area contributed by atoms with Crippen LogP contribution in [0, 0.1) is 47.4 Å². The normalized spacial score (nSPS) is 11.3. The minimum Gasteiger partial charge on any atom is -0.478 e. The molecule has 21 nitrogen and oxygen atoms in total. The second-order valence-electron chi connectivity index (χ2n) is 22.9. The van der Waals surface area contributed by atoms with Gasteiger partial charge in [0.05, 0.1) is 111 Å². The van der Waals surface area contributed by atoms with E-state index in [1.165, 1.54) is 6.20 Å². The number of likely N-dealkylation sites (N-methyl/N-ethyl adjacent to an activating group) is 1. The Morgan fingerprint density at radius 2 is 0.905 bits per heavy atom. The van der Waals surface area contributed by atoms with Crippen molar-refractivity contribution in [1.82, 2.24) is 24.9 Å². The number of aryl methyl sites for hydroxylation is 6. The van der Waals surface area contributed by atoms with Crippen LogP contribution in [0.25, 0.3) is 11.3 Å². The number of halogens is 1. The first-order chi connectivity index (χ1) is 45.4. The highest BCUT2D eigenvalue weighted by molar-refractivity contribution is 5.98. The van der Waals surface area contributed by atoms with Crippen molar-refractivity contribution in [3.05, 3.63) is 213 Å². The monoisotopic (exact) mass is 1290 g/mol. The molecule has 0 amide bonds. The Kier molecular flexibility index (Phi) is 25.2. The number of anilines is 11. The molecule has 0 unspecified atom stereocenters. The fourth-order valence-electron chi connectivity index (χ4n) is 10.2. The molecule has 0 saturated heterocycles. The molecule has 4 aromatic carbocycles. The van der Waals surface area contributed by atoms with Gasteiger partial charge < -0.3 is 61.1 Å². The number of benzene rings is 4. The van der Waals surface area contributed by atoms with Crippen LogP contribution in [0.2, 0.25) is 0 Å². The number of methoxy groups -OCH3 is 1. The number of nitrogens with one attached hydrogen (secondary N) is 4. The van der Waals surface area contributed by atoms with E-state index in [9.17, 15) is 44.0 Å². The summed E-state index contributed by atoms with van der Waals surface area (Å²) < 4.78 is 18.9. The lowest BCUT2D eigenvalue weighted by Crippen LogP contribution is -2.23. The van der Waals surface area contributed by atoms with Gasteiger partial charge in [0, 0.05) is 59.1 Å². The smallest absolute Gasteiger partial charge is 0.337 e. The molecule has 0 spiro atoms. The number of pyridine rings is 5. The average Bonchev–Trinajstić information content (AvgIpc) is 1.83. The number of carboxylic acids is 4. The zero-order chi connectivity index (χ0) is 69.0. The van der Waals surface area contributed by atoms with Crippen LogP contribution < -0.4 is 36.0 Å². The second kappa shape index (κ2) is 33.5. The SMILES string of the molecule is CCN(C)c1ncc(Nc2ccc(C)cc2C(=O)O)cc1C.CCN(CC)c1ncc(Nc2ccc(C)cc2C(=O)O)cc1C.COCCN(C)c1ncc(Nc2ccc(C)cc2C(=O)O)cc1C.O=C(O)c1cc(C2CC2)ccc1Nc1ccc(-c2ccncc2F)nc1. The number of carbonyl (C=O) groups is 4. The van der Waals surface area contributed by atoms with Gasteiger partial charge in [-0.3, -0.25) is 9.97 Å². The highest BCUT2D eigenvalue weighted by Gasteiger charge is 2.25. The summed E-state index contributed by atoms with van der Waals surface area (Å²) in [6.45, 7) is 21.9. The molecule has 0 radical (unpaired) electrons. The van der Waals surface area contributed by atoms with E-state index in [-0.39, 0.29) is 22.3 Å². The van der Waals surface area contributed by atoms with E-state index in [0.29, 0.717) is 52.2 Å². The minimum absolute atomic E-state index is 0.235. The van der Waals surface area contributed by atoms with Crippen LogP contribution in [0.1, 0.15) is 120 Å². The number of aromatic nitrogens is 5. The molecule has 1 saturated carbocycles. The second-order valence-corrected chi connectivity index (χ2v) is 22.9. The molecule has 95 heavy (non-hydrogen) atoms. The van der Waals surface area contributed by atoms with Crippen molar-refractivity contribution in [2.45, 2.75) is 81.1 Å². The number of hydrogen-bond acceptors (Lipinski definition) is 17. The molecular formula is C73H83FN12O9. The first-order valence-electron chi connectivity index (χ1n) is 31.0. The molecule has 0 bridgehead atoms. The lowest BCUT2D eigenvalue weighted by Gasteiger charge is -2.22. The third-order valence-corrected chi connectivity index (χ3v) is 15.5. The van der Waals surface area contributed by atoms with Crippen molar-refractivity contribution in [2.75, 3.05) is 90.0 Å². The van der Waals surface area contributed by atoms with Gasteiger partial charge >= 0.3 is 23.9 Å². The maximum absolute atomic E-state index is 13.8. The van der Waals surface area contributed by atoms with Crippen LogP contribution in [0.5, 0.6) is 0 Å². The van der Waals surface area contributed by atoms with Gasteiger partial charge in [-0.1, -0.05) is 41.0 Å². The van der Waals surface area contributed by atoms with Gasteiger partial charge in [-0.15, -0.1) is 0 Å². The summed E-state index contributed by atoms with van der Waals surface area (Å²) in [6, 6.07) is 32.3. The largest absolute Gasteiger partial charge is 0.478 e. The molecule has 22 heteroatoms. The summed E-state index contributed by atoms with van der Waals surface area (Å²) in [7, 11) is 5.62. The van der Waals surface area contributed by atoms with Crippen LogP contribution >= 0.6 is 0 Å². The molecule has 5 aromatic heterocycles. The van der Waals surface area contributed by atoms with E-state index in [2.05, 4.69) is 76.8 Å².